The molecule has 2 atom stereocenters. The van der Waals surface area contributed by atoms with Gasteiger partial charge in [-0.25, -0.2) is 0 Å². The number of amides is 1. The highest BCUT2D eigenvalue weighted by atomic mass is 16.2. The van der Waals surface area contributed by atoms with Gasteiger partial charge in [0.05, 0.1) is 0 Å². The second-order valence-corrected chi connectivity index (χ2v) is 8.09. The summed E-state index contributed by atoms with van der Waals surface area (Å²) in [6.07, 6.45) is 4.76. The molecule has 1 aliphatic rings. The van der Waals surface area contributed by atoms with Crippen molar-refractivity contribution in [3.8, 4) is 0 Å². The van der Waals surface area contributed by atoms with Crippen LogP contribution in [0.5, 0.6) is 0 Å². The highest BCUT2D eigenvalue weighted by Gasteiger charge is 2.35. The van der Waals surface area contributed by atoms with E-state index in [9.17, 15) is 9.59 Å². The molecule has 0 unspecified atom stereocenters. The molecule has 0 saturated heterocycles. The summed E-state index contributed by atoms with van der Waals surface area (Å²) >= 11 is 0. The van der Waals surface area contributed by atoms with Crippen LogP contribution in [-0.4, -0.2) is 55.7 Å². The first-order chi connectivity index (χ1) is 10.1. The molecule has 0 spiro atoms. The molecule has 0 N–H and O–H groups in total. The van der Waals surface area contributed by atoms with Crippen LogP contribution < -0.4 is 0 Å². The van der Waals surface area contributed by atoms with Crippen molar-refractivity contribution in [1.82, 2.24) is 9.80 Å². The van der Waals surface area contributed by atoms with Crippen LogP contribution in [0, 0.1) is 17.3 Å². The fourth-order valence-electron chi connectivity index (χ4n) is 3.06. The van der Waals surface area contributed by atoms with Crippen LogP contribution in [0.4, 0.5) is 0 Å². The highest BCUT2D eigenvalue weighted by Crippen LogP contribution is 2.35. The highest BCUT2D eigenvalue weighted by molar-refractivity contribution is 5.85. The molecule has 1 rings (SSSR count). The van der Waals surface area contributed by atoms with E-state index in [1.165, 1.54) is 0 Å². The van der Waals surface area contributed by atoms with E-state index in [2.05, 4.69) is 4.90 Å². The van der Waals surface area contributed by atoms with E-state index in [0.29, 0.717) is 6.42 Å². The van der Waals surface area contributed by atoms with E-state index in [-0.39, 0.29) is 28.9 Å². The molecule has 0 aromatic carbocycles. The quantitative estimate of drug-likeness (QED) is 0.757. The number of hydrogen-bond acceptors (Lipinski definition) is 3. The van der Waals surface area contributed by atoms with Crippen LogP contribution in [0.2, 0.25) is 0 Å². The van der Waals surface area contributed by atoms with E-state index in [0.717, 1.165) is 38.8 Å². The normalized spacial score (nSPS) is 22.7. The Hall–Kier alpha value is -0.900. The third kappa shape index (κ3) is 5.71. The Morgan fingerprint density at radius 2 is 1.59 bits per heavy atom. The monoisotopic (exact) mass is 310 g/mol. The second kappa shape index (κ2) is 8.09. The largest absolute Gasteiger partial charge is 0.344 e. The first-order valence-electron chi connectivity index (χ1n) is 8.56. The van der Waals surface area contributed by atoms with E-state index < -0.39 is 0 Å². The minimum atomic E-state index is -0.304. The molecule has 1 amide bonds. The molecule has 0 bridgehead atoms. The lowest BCUT2D eigenvalue weighted by Gasteiger charge is -2.34. The number of ketones is 1. The van der Waals surface area contributed by atoms with Gasteiger partial charge in [0.2, 0.25) is 5.91 Å². The lowest BCUT2D eigenvalue weighted by Crippen LogP contribution is -2.42. The van der Waals surface area contributed by atoms with Gasteiger partial charge in [-0.05, 0) is 32.9 Å². The number of rotatable bonds is 6. The van der Waals surface area contributed by atoms with E-state index in [1.54, 1.807) is 0 Å². The average Bonchev–Trinajstić information content (AvgIpc) is 2.43. The minimum Gasteiger partial charge on any atom is -0.344 e. The Balaban J connectivity index is 2.68. The number of hydrogen-bond donors (Lipinski definition) is 0. The van der Waals surface area contributed by atoms with Crippen molar-refractivity contribution < 1.29 is 9.59 Å². The van der Waals surface area contributed by atoms with Crippen LogP contribution >= 0.6 is 0 Å². The molecule has 0 aliphatic heterocycles. The number of likely N-dealkylation sites (N-methyl/N-ethyl adjacent to an activating group) is 2. The lowest BCUT2D eigenvalue weighted by atomic mass is 9.73. The maximum atomic E-state index is 12.7. The van der Waals surface area contributed by atoms with E-state index in [4.69, 9.17) is 0 Å². The molecular weight excluding hydrogens is 276 g/mol. The summed E-state index contributed by atoms with van der Waals surface area (Å²) in [6, 6.07) is 0. The Bertz CT molecular complexity index is 385. The summed E-state index contributed by atoms with van der Waals surface area (Å²) in [5.41, 5.74) is -0.304. The molecule has 4 heteroatoms. The average molecular weight is 310 g/mol. The van der Waals surface area contributed by atoms with Gasteiger partial charge in [0.25, 0.3) is 0 Å². The number of carbonyl (C=O) groups is 2. The van der Waals surface area contributed by atoms with Gasteiger partial charge in [0.1, 0.15) is 5.78 Å². The molecule has 1 fully saturated rings. The van der Waals surface area contributed by atoms with Crippen molar-refractivity contribution in [1.29, 1.82) is 0 Å². The van der Waals surface area contributed by atoms with Gasteiger partial charge in [-0.1, -0.05) is 33.6 Å². The molecule has 0 radical (unpaired) electrons. The fourth-order valence-corrected chi connectivity index (χ4v) is 3.06. The standard InChI is InChI=1S/C18H34N2O2/c1-18(2,3)16(21)13-14-9-7-8-10-15(14)17(22)20(6)12-11-19(4)5/h14-15H,7-13H2,1-6H3/t14-,15-/m0/s1. The van der Waals surface area contributed by atoms with Crippen LogP contribution in [-0.2, 0) is 9.59 Å². The number of Topliss-reactive ketones (excluding diaryl/α,β-unsaturated/α-hetero) is 1. The molecule has 1 saturated carbocycles. The molecule has 22 heavy (non-hydrogen) atoms. The SMILES string of the molecule is CN(C)CCN(C)C(=O)[C@H]1CCCC[C@H]1CC(=O)C(C)(C)C. The molecule has 4 nitrogen and oxygen atoms in total. The van der Waals surface area contributed by atoms with Gasteiger partial charge in [0, 0.05) is 37.9 Å². The number of nitrogens with zero attached hydrogens (tertiary/aromatic N) is 2. The fraction of sp³-hybridized carbons (Fsp3) is 0.889. The Morgan fingerprint density at radius 3 is 2.14 bits per heavy atom. The van der Waals surface area contributed by atoms with Gasteiger partial charge in [-0.2, -0.15) is 0 Å². The predicted octanol–water partition coefficient (Wildman–Crippen LogP) is 2.82. The molecule has 0 aromatic rings. The van der Waals surface area contributed by atoms with Crippen molar-refractivity contribution in [3.05, 3.63) is 0 Å². The Kier molecular flexibility index (Phi) is 7.04. The van der Waals surface area contributed by atoms with Crippen LogP contribution in [0.3, 0.4) is 0 Å². The Morgan fingerprint density at radius 1 is 1.00 bits per heavy atom. The van der Waals surface area contributed by atoms with Crippen molar-refractivity contribution in [2.24, 2.45) is 17.3 Å². The van der Waals surface area contributed by atoms with Crippen LogP contribution in [0.25, 0.3) is 0 Å². The smallest absolute Gasteiger partial charge is 0.225 e. The van der Waals surface area contributed by atoms with Crippen LogP contribution in [0.1, 0.15) is 52.9 Å². The van der Waals surface area contributed by atoms with E-state index >= 15 is 0 Å². The summed E-state index contributed by atoms with van der Waals surface area (Å²) in [5.74, 6) is 0.781. The summed E-state index contributed by atoms with van der Waals surface area (Å²) in [6.45, 7) is 7.54. The molecule has 0 aromatic heterocycles. The maximum absolute atomic E-state index is 12.7. The molecule has 128 valence electrons. The maximum Gasteiger partial charge on any atom is 0.225 e. The van der Waals surface area contributed by atoms with Crippen molar-refractivity contribution in [2.75, 3.05) is 34.2 Å². The van der Waals surface area contributed by atoms with Gasteiger partial charge >= 0.3 is 0 Å². The van der Waals surface area contributed by atoms with Crippen molar-refractivity contribution in [2.45, 2.75) is 52.9 Å². The molecule has 0 heterocycles. The lowest BCUT2D eigenvalue weighted by molar-refractivity contribution is -0.138. The third-order valence-electron chi connectivity index (χ3n) is 4.77. The first kappa shape index (κ1) is 19.1. The topological polar surface area (TPSA) is 40.6 Å². The predicted molar refractivity (Wildman–Crippen MR) is 90.7 cm³/mol. The molecule has 1 aliphatic carbocycles. The molecular formula is C18H34N2O2. The number of carbonyl (C=O) groups excluding carboxylic acids is 2. The summed E-state index contributed by atoms with van der Waals surface area (Å²) in [7, 11) is 5.93. The van der Waals surface area contributed by atoms with E-state index in [1.807, 2.05) is 46.8 Å². The third-order valence-corrected chi connectivity index (χ3v) is 4.77. The van der Waals surface area contributed by atoms with Gasteiger partial charge in [0.15, 0.2) is 0 Å². The van der Waals surface area contributed by atoms with Gasteiger partial charge in [-0.15, -0.1) is 0 Å². The zero-order valence-corrected chi connectivity index (χ0v) is 15.3. The Labute approximate surface area is 136 Å². The van der Waals surface area contributed by atoms with Crippen LogP contribution in [0.15, 0.2) is 0 Å². The van der Waals surface area contributed by atoms with Gasteiger partial charge in [-0.3, -0.25) is 9.59 Å². The van der Waals surface area contributed by atoms with Gasteiger partial charge < -0.3 is 9.80 Å². The van der Waals surface area contributed by atoms with Crippen molar-refractivity contribution >= 4 is 11.7 Å². The van der Waals surface area contributed by atoms with Crippen molar-refractivity contribution in [3.63, 3.8) is 0 Å². The summed E-state index contributed by atoms with van der Waals surface area (Å²) < 4.78 is 0. The second-order valence-electron chi connectivity index (χ2n) is 8.09. The zero-order chi connectivity index (χ0) is 16.9. The summed E-state index contributed by atoms with van der Waals surface area (Å²) in [5, 5.41) is 0. The summed E-state index contributed by atoms with van der Waals surface area (Å²) in [4.78, 5) is 29.0. The first-order valence-corrected chi connectivity index (χ1v) is 8.56. The minimum absolute atomic E-state index is 0.0345. The zero-order valence-electron chi connectivity index (χ0n) is 15.3.